The predicted molar refractivity (Wildman–Crippen MR) is 173 cm³/mol. The summed E-state index contributed by atoms with van der Waals surface area (Å²) in [6.45, 7) is 8.19. The van der Waals surface area contributed by atoms with Gasteiger partial charge < -0.3 is 52.1 Å². The van der Waals surface area contributed by atoms with Crippen molar-refractivity contribution in [2.45, 2.75) is 114 Å². The van der Waals surface area contributed by atoms with Crippen LogP contribution in [0.4, 0.5) is 0 Å². The number of fused-ring (bicyclic) bond motifs is 2. The van der Waals surface area contributed by atoms with Gasteiger partial charge in [-0.1, -0.05) is 83.3 Å². The number of ether oxygens (including phenoxy) is 11. The van der Waals surface area contributed by atoms with Gasteiger partial charge in [-0.25, -0.2) is 0 Å². The van der Waals surface area contributed by atoms with Crippen molar-refractivity contribution in [3.8, 4) is 0 Å². The van der Waals surface area contributed by atoms with E-state index in [-0.39, 0.29) is 19.3 Å². The maximum Gasteiger partial charge on any atom is 0.220 e. The Hall–Kier alpha value is -1.27. The lowest BCUT2D eigenvalue weighted by Crippen LogP contribution is -2.73. The molecule has 2 aromatic carbocycles. The van der Waals surface area contributed by atoms with E-state index in [1.807, 2.05) is 74.5 Å². The summed E-state index contributed by atoms with van der Waals surface area (Å²) in [6.07, 6.45) is -5.40. The van der Waals surface area contributed by atoms with Crippen LogP contribution in [0.25, 0.3) is 0 Å². The van der Waals surface area contributed by atoms with E-state index >= 15 is 0 Å². The molecule has 0 spiro atoms. The third kappa shape index (κ3) is 7.05. The Morgan fingerprint density at radius 1 is 0.674 bits per heavy atom. The minimum absolute atomic E-state index is 0.198. The van der Waals surface area contributed by atoms with Crippen LogP contribution in [-0.2, 0) is 65.3 Å². The van der Waals surface area contributed by atoms with Gasteiger partial charge in [-0.05, 0) is 38.8 Å². The summed E-state index contributed by atoms with van der Waals surface area (Å²) in [7, 11) is 3.13. The van der Waals surface area contributed by atoms with Gasteiger partial charge in [-0.15, -0.1) is 0 Å². The smallest absolute Gasteiger partial charge is 0.220 e. The molecule has 12 heteroatoms. The summed E-state index contributed by atoms with van der Waals surface area (Å²) in [5.74, 6) is -3.36. The molecule has 0 saturated carbocycles. The van der Waals surface area contributed by atoms with Crippen LogP contribution in [0.3, 0.4) is 0 Å². The lowest BCUT2D eigenvalue weighted by molar-refractivity contribution is -0.483. The Bertz CT molecular complexity index is 1270. The number of hydrogen-bond donors (Lipinski definition) is 0. The maximum atomic E-state index is 6.84. The molecule has 0 bridgehead atoms. The largest absolute Gasteiger partial charge is 0.374 e. The fraction of sp³-hybridized carbons (Fsp3) is 0.647. The molecule has 4 saturated heterocycles. The average Bonchev–Trinajstić information content (AvgIpc) is 3.53. The lowest BCUT2D eigenvalue weighted by atomic mass is 9.93. The van der Waals surface area contributed by atoms with Crippen LogP contribution in [0.15, 0.2) is 60.7 Å². The Kier molecular flexibility index (Phi) is 10.8. The lowest BCUT2D eigenvalue weighted by Gasteiger charge is -2.57. The molecule has 4 fully saturated rings. The second-order valence-corrected chi connectivity index (χ2v) is 13.5. The van der Waals surface area contributed by atoms with Crippen LogP contribution in [0.5, 0.6) is 0 Å². The van der Waals surface area contributed by atoms with E-state index in [1.54, 1.807) is 28.1 Å². The molecule has 0 aliphatic carbocycles. The summed E-state index contributed by atoms with van der Waals surface area (Å²) in [5.41, 5.74) is 2.03. The quantitative estimate of drug-likeness (QED) is 0.222. The van der Waals surface area contributed by atoms with Gasteiger partial charge in [0.25, 0.3) is 0 Å². The first-order valence-corrected chi connectivity index (χ1v) is 17.2. The summed E-state index contributed by atoms with van der Waals surface area (Å²) < 4.78 is 70.9. The standard InChI is InChI=1S/C34H45IO11/c1-32(2)43-29-25(23(17-35)40-31(29)46-32)42-30-28(39-19-22-15-11-8-12-16-22)27-26(44-33(3,36-5)34(4,37-6)45-27)24(41-30)20-38-18-21-13-9-7-10-14-21/h7-16,23-31H,17-20H2,1-6H3/t23-,24-,25-,26-,27+,28-,29-,30-,31-,33+,34+/m1/s1. The van der Waals surface area contributed by atoms with Crippen LogP contribution in [0.1, 0.15) is 38.8 Å². The van der Waals surface area contributed by atoms with Gasteiger partial charge in [-0.2, -0.15) is 0 Å². The number of rotatable bonds is 12. The zero-order valence-corrected chi connectivity index (χ0v) is 29.3. The van der Waals surface area contributed by atoms with Gasteiger partial charge in [0.15, 0.2) is 18.4 Å². The van der Waals surface area contributed by atoms with Crippen molar-refractivity contribution in [3.63, 3.8) is 0 Å². The molecule has 6 rings (SSSR count). The van der Waals surface area contributed by atoms with Crippen molar-refractivity contribution >= 4 is 22.6 Å². The molecule has 254 valence electrons. The molecule has 0 N–H and O–H groups in total. The highest BCUT2D eigenvalue weighted by molar-refractivity contribution is 14.1. The van der Waals surface area contributed by atoms with E-state index in [2.05, 4.69) is 22.6 Å². The number of halogens is 1. The molecule has 4 aliphatic heterocycles. The molecular formula is C34H45IO11. The first-order chi connectivity index (χ1) is 22.1. The monoisotopic (exact) mass is 756 g/mol. The van der Waals surface area contributed by atoms with Crippen molar-refractivity contribution in [3.05, 3.63) is 71.8 Å². The summed E-state index contributed by atoms with van der Waals surface area (Å²) in [5, 5.41) is 0. The summed E-state index contributed by atoms with van der Waals surface area (Å²) in [6, 6.07) is 19.9. The zero-order chi connectivity index (χ0) is 32.5. The van der Waals surface area contributed by atoms with Gasteiger partial charge >= 0.3 is 0 Å². The molecule has 4 heterocycles. The molecule has 2 aromatic rings. The minimum atomic E-state index is -1.28. The van der Waals surface area contributed by atoms with Gasteiger partial charge in [0.2, 0.25) is 11.6 Å². The van der Waals surface area contributed by atoms with E-state index in [4.69, 9.17) is 52.1 Å². The molecule has 0 radical (unpaired) electrons. The normalized spacial score (nSPS) is 40.0. The van der Waals surface area contributed by atoms with Crippen molar-refractivity contribution in [1.82, 2.24) is 0 Å². The number of hydrogen-bond acceptors (Lipinski definition) is 11. The second-order valence-electron chi connectivity index (χ2n) is 12.7. The first kappa shape index (κ1) is 34.6. The SMILES string of the molecule is CO[C@@]1(C)O[C@@H]2[C@@H](OCc3ccccc3)[C@@H](O[C@H]3[C@H]4OC(C)(C)O[C@H]4O[C@@H]3CI)O[C@H](COCc3ccccc3)[C@H]2O[C@]1(C)OC. The van der Waals surface area contributed by atoms with Crippen molar-refractivity contribution in [2.75, 3.05) is 25.3 Å². The number of methoxy groups -OCH3 is 2. The molecule has 11 atom stereocenters. The van der Waals surface area contributed by atoms with Crippen LogP contribution in [0.2, 0.25) is 0 Å². The summed E-state index contributed by atoms with van der Waals surface area (Å²) >= 11 is 2.29. The Morgan fingerprint density at radius 3 is 1.89 bits per heavy atom. The van der Waals surface area contributed by atoms with E-state index in [0.717, 1.165) is 11.1 Å². The first-order valence-electron chi connectivity index (χ1n) is 15.7. The molecule has 0 aromatic heterocycles. The zero-order valence-electron chi connectivity index (χ0n) is 27.2. The van der Waals surface area contributed by atoms with Gasteiger partial charge in [0.1, 0.15) is 36.6 Å². The predicted octanol–water partition coefficient (Wildman–Crippen LogP) is 4.72. The number of benzene rings is 2. The topological polar surface area (TPSA) is 102 Å². The van der Waals surface area contributed by atoms with Gasteiger partial charge in [0, 0.05) is 18.6 Å². The molecule has 46 heavy (non-hydrogen) atoms. The minimum Gasteiger partial charge on any atom is -0.374 e. The van der Waals surface area contributed by atoms with Crippen molar-refractivity contribution in [2.24, 2.45) is 0 Å². The second kappa shape index (κ2) is 14.3. The van der Waals surface area contributed by atoms with Crippen LogP contribution in [0, 0.1) is 0 Å². The third-order valence-corrected chi connectivity index (χ3v) is 9.99. The van der Waals surface area contributed by atoms with E-state index in [0.29, 0.717) is 11.0 Å². The van der Waals surface area contributed by atoms with Gasteiger partial charge in [0.05, 0.1) is 25.9 Å². The van der Waals surface area contributed by atoms with Crippen molar-refractivity contribution in [1.29, 1.82) is 0 Å². The van der Waals surface area contributed by atoms with E-state index in [9.17, 15) is 0 Å². The van der Waals surface area contributed by atoms with Gasteiger partial charge in [-0.3, -0.25) is 0 Å². The fourth-order valence-corrected chi connectivity index (χ4v) is 7.11. The molecule has 4 aliphatic rings. The Morgan fingerprint density at radius 2 is 1.28 bits per heavy atom. The summed E-state index contributed by atoms with van der Waals surface area (Å²) in [4.78, 5) is 0. The highest BCUT2D eigenvalue weighted by atomic mass is 127. The van der Waals surface area contributed by atoms with E-state index in [1.165, 1.54) is 0 Å². The highest BCUT2D eigenvalue weighted by Gasteiger charge is 2.64. The van der Waals surface area contributed by atoms with Crippen molar-refractivity contribution < 1.29 is 52.1 Å². The molecule has 11 nitrogen and oxygen atoms in total. The van der Waals surface area contributed by atoms with Crippen LogP contribution in [-0.4, -0.2) is 97.9 Å². The Balaban J connectivity index is 1.31. The molecule has 0 amide bonds. The molecule has 0 unspecified atom stereocenters. The van der Waals surface area contributed by atoms with Crippen LogP contribution < -0.4 is 0 Å². The number of alkyl halides is 1. The highest BCUT2D eigenvalue weighted by Crippen LogP contribution is 2.46. The molecular weight excluding hydrogens is 711 g/mol. The maximum absolute atomic E-state index is 6.84. The Labute approximate surface area is 284 Å². The van der Waals surface area contributed by atoms with E-state index < -0.39 is 66.6 Å². The average molecular weight is 757 g/mol. The third-order valence-electron chi connectivity index (χ3n) is 9.13. The van der Waals surface area contributed by atoms with Crippen LogP contribution >= 0.6 is 22.6 Å². The fourth-order valence-electron chi connectivity index (χ4n) is 6.40.